The molecule has 1 aliphatic carbocycles. The molecule has 128 valence electrons. The van der Waals surface area contributed by atoms with Crippen LogP contribution in [-0.2, 0) is 24.2 Å². The molecule has 1 aliphatic rings. The molecule has 1 amide bonds. The van der Waals surface area contributed by atoms with Crippen LogP contribution in [-0.4, -0.2) is 56.2 Å². The number of nitrogens with one attached hydrogen (secondary N) is 1. The van der Waals surface area contributed by atoms with Gasteiger partial charge in [-0.05, 0) is 32.1 Å². The maximum atomic E-state index is 11.9. The standard InChI is InChI=1S/C14H25NO6S/c1-4-21-12(17)8-13(2,18)9-15-11(16)7-14(5-6-14)10-22(3,19)20/h18H,4-10H2,1-3H3,(H,15,16)/t13-/m1/s1. The summed E-state index contributed by atoms with van der Waals surface area (Å²) in [7, 11) is -3.12. The van der Waals surface area contributed by atoms with Gasteiger partial charge in [0.05, 0.1) is 24.4 Å². The van der Waals surface area contributed by atoms with E-state index in [1.165, 1.54) is 6.92 Å². The topological polar surface area (TPSA) is 110 Å². The minimum Gasteiger partial charge on any atom is -0.466 e. The highest BCUT2D eigenvalue weighted by atomic mass is 32.2. The lowest BCUT2D eigenvalue weighted by atomic mass is 10.0. The highest BCUT2D eigenvalue weighted by Crippen LogP contribution is 2.49. The van der Waals surface area contributed by atoms with Crippen molar-refractivity contribution in [3.05, 3.63) is 0 Å². The number of hydrogen-bond acceptors (Lipinski definition) is 6. The SMILES string of the molecule is CCOC(=O)C[C@@](C)(O)CNC(=O)CC1(CS(C)(=O)=O)CC1. The van der Waals surface area contributed by atoms with Crippen molar-refractivity contribution in [2.75, 3.05) is 25.2 Å². The van der Waals surface area contributed by atoms with Crippen LogP contribution in [0.25, 0.3) is 0 Å². The Morgan fingerprint density at radius 2 is 1.95 bits per heavy atom. The van der Waals surface area contributed by atoms with Crippen LogP contribution >= 0.6 is 0 Å². The first-order valence-electron chi connectivity index (χ1n) is 7.29. The van der Waals surface area contributed by atoms with Gasteiger partial charge in [-0.15, -0.1) is 0 Å². The minimum absolute atomic E-state index is 0.00659. The average Bonchev–Trinajstić information content (AvgIpc) is 3.03. The third-order valence-electron chi connectivity index (χ3n) is 3.56. The van der Waals surface area contributed by atoms with Crippen molar-refractivity contribution in [2.45, 2.75) is 45.1 Å². The molecule has 0 radical (unpaired) electrons. The second-order valence-corrected chi connectivity index (χ2v) is 8.64. The fourth-order valence-electron chi connectivity index (χ4n) is 2.38. The number of ether oxygens (including phenoxy) is 1. The second-order valence-electron chi connectivity index (χ2n) is 6.50. The molecule has 0 aromatic heterocycles. The molecule has 7 nitrogen and oxygen atoms in total. The van der Waals surface area contributed by atoms with Gasteiger partial charge >= 0.3 is 5.97 Å². The summed E-state index contributed by atoms with van der Waals surface area (Å²) in [5, 5.41) is 12.6. The Morgan fingerprint density at radius 3 is 2.41 bits per heavy atom. The van der Waals surface area contributed by atoms with Gasteiger partial charge in [-0.3, -0.25) is 9.59 Å². The Balaban J connectivity index is 2.41. The second kappa shape index (κ2) is 6.95. The van der Waals surface area contributed by atoms with E-state index in [2.05, 4.69) is 5.32 Å². The van der Waals surface area contributed by atoms with E-state index >= 15 is 0 Å². The lowest BCUT2D eigenvalue weighted by Gasteiger charge is -2.23. The molecule has 2 N–H and O–H groups in total. The van der Waals surface area contributed by atoms with Crippen LogP contribution in [0.4, 0.5) is 0 Å². The van der Waals surface area contributed by atoms with E-state index in [4.69, 9.17) is 4.74 Å². The minimum atomic E-state index is -3.12. The van der Waals surface area contributed by atoms with Crippen LogP contribution in [0.3, 0.4) is 0 Å². The molecule has 1 rings (SSSR count). The van der Waals surface area contributed by atoms with Gasteiger partial charge < -0.3 is 15.2 Å². The third-order valence-corrected chi connectivity index (χ3v) is 4.69. The van der Waals surface area contributed by atoms with E-state index in [9.17, 15) is 23.1 Å². The summed E-state index contributed by atoms with van der Waals surface area (Å²) in [6, 6.07) is 0. The van der Waals surface area contributed by atoms with Crippen molar-refractivity contribution < 1.29 is 27.9 Å². The molecule has 1 saturated carbocycles. The summed E-state index contributed by atoms with van der Waals surface area (Å²) < 4.78 is 27.4. The van der Waals surface area contributed by atoms with Crippen LogP contribution in [0.1, 0.15) is 39.5 Å². The van der Waals surface area contributed by atoms with Crippen LogP contribution in [0, 0.1) is 5.41 Å². The lowest BCUT2D eigenvalue weighted by molar-refractivity contribution is -0.148. The Labute approximate surface area is 131 Å². The zero-order chi connectivity index (χ0) is 17.0. The molecule has 1 fully saturated rings. The number of carbonyl (C=O) groups is 2. The highest BCUT2D eigenvalue weighted by molar-refractivity contribution is 7.90. The predicted octanol–water partition coefficient (Wildman–Crippen LogP) is 0.0217. The maximum absolute atomic E-state index is 11.9. The first kappa shape index (κ1) is 18.9. The molecule has 0 aromatic rings. The smallest absolute Gasteiger partial charge is 0.308 e. The van der Waals surface area contributed by atoms with E-state index < -0.39 is 26.8 Å². The van der Waals surface area contributed by atoms with Crippen molar-refractivity contribution in [3.8, 4) is 0 Å². The summed E-state index contributed by atoms with van der Waals surface area (Å²) in [4.78, 5) is 23.2. The van der Waals surface area contributed by atoms with E-state index in [1.54, 1.807) is 6.92 Å². The van der Waals surface area contributed by atoms with E-state index in [-0.39, 0.29) is 37.7 Å². The van der Waals surface area contributed by atoms with Gasteiger partial charge in [0.2, 0.25) is 5.91 Å². The van der Waals surface area contributed by atoms with Gasteiger partial charge in [-0.25, -0.2) is 8.42 Å². The van der Waals surface area contributed by atoms with Gasteiger partial charge in [0.15, 0.2) is 0 Å². The van der Waals surface area contributed by atoms with Crippen molar-refractivity contribution >= 4 is 21.7 Å². The quantitative estimate of drug-likeness (QED) is 0.575. The normalized spacial score (nSPS) is 19.1. The summed E-state index contributed by atoms with van der Waals surface area (Å²) in [6.45, 7) is 3.26. The number of sulfone groups is 1. The summed E-state index contributed by atoms with van der Waals surface area (Å²) in [5.74, 6) is -0.838. The highest BCUT2D eigenvalue weighted by Gasteiger charge is 2.46. The third kappa shape index (κ3) is 7.22. The molecular formula is C14H25NO6S. The number of aliphatic hydroxyl groups is 1. The van der Waals surface area contributed by atoms with Crippen molar-refractivity contribution in [3.63, 3.8) is 0 Å². The number of esters is 1. The molecule has 8 heteroatoms. The van der Waals surface area contributed by atoms with E-state index in [0.29, 0.717) is 12.8 Å². The largest absolute Gasteiger partial charge is 0.466 e. The zero-order valence-corrected chi connectivity index (χ0v) is 14.2. The summed E-state index contributed by atoms with van der Waals surface area (Å²) in [5.41, 5.74) is -1.85. The van der Waals surface area contributed by atoms with Crippen LogP contribution in [0.5, 0.6) is 0 Å². The summed E-state index contributed by atoms with van der Waals surface area (Å²) >= 11 is 0. The first-order valence-corrected chi connectivity index (χ1v) is 9.35. The number of hydrogen-bond donors (Lipinski definition) is 2. The zero-order valence-electron chi connectivity index (χ0n) is 13.3. The Morgan fingerprint density at radius 1 is 1.36 bits per heavy atom. The molecule has 22 heavy (non-hydrogen) atoms. The monoisotopic (exact) mass is 335 g/mol. The predicted molar refractivity (Wildman–Crippen MR) is 80.9 cm³/mol. The maximum Gasteiger partial charge on any atom is 0.308 e. The molecule has 0 aliphatic heterocycles. The fraction of sp³-hybridized carbons (Fsp3) is 0.857. The molecule has 0 bridgehead atoms. The molecule has 0 saturated heterocycles. The fourth-order valence-corrected chi connectivity index (χ4v) is 3.89. The molecule has 0 spiro atoms. The van der Waals surface area contributed by atoms with Gasteiger partial charge in [0.1, 0.15) is 9.84 Å². The van der Waals surface area contributed by atoms with Crippen LogP contribution in [0.2, 0.25) is 0 Å². The number of amides is 1. The van der Waals surface area contributed by atoms with Gasteiger partial charge in [-0.1, -0.05) is 0 Å². The van der Waals surface area contributed by atoms with Gasteiger partial charge in [-0.2, -0.15) is 0 Å². The number of rotatable bonds is 9. The molecule has 0 aromatic carbocycles. The lowest BCUT2D eigenvalue weighted by Crippen LogP contribution is -2.43. The van der Waals surface area contributed by atoms with Crippen LogP contribution < -0.4 is 5.32 Å². The molecule has 0 heterocycles. The van der Waals surface area contributed by atoms with E-state index in [1.807, 2.05) is 0 Å². The van der Waals surface area contributed by atoms with Crippen molar-refractivity contribution in [2.24, 2.45) is 5.41 Å². The van der Waals surface area contributed by atoms with Gasteiger partial charge in [0, 0.05) is 19.2 Å². The number of carbonyl (C=O) groups excluding carboxylic acids is 2. The molecule has 0 unspecified atom stereocenters. The van der Waals surface area contributed by atoms with Gasteiger partial charge in [0.25, 0.3) is 0 Å². The molecule has 1 atom stereocenters. The van der Waals surface area contributed by atoms with Crippen molar-refractivity contribution in [1.29, 1.82) is 0 Å². The Bertz CT molecular complexity index is 521. The summed E-state index contributed by atoms with van der Waals surface area (Å²) in [6.07, 6.45) is 2.50. The first-order chi connectivity index (χ1) is 9.97. The van der Waals surface area contributed by atoms with Crippen LogP contribution in [0.15, 0.2) is 0 Å². The Kier molecular flexibility index (Phi) is 5.97. The Hall–Kier alpha value is -1.15. The molecular weight excluding hydrogens is 310 g/mol. The van der Waals surface area contributed by atoms with E-state index in [0.717, 1.165) is 6.26 Å². The van der Waals surface area contributed by atoms with Crippen molar-refractivity contribution in [1.82, 2.24) is 5.32 Å². The average molecular weight is 335 g/mol.